The number of anilines is 1. The number of amides is 1. The van der Waals surface area contributed by atoms with E-state index in [0.717, 1.165) is 37.2 Å². The second-order valence-corrected chi connectivity index (χ2v) is 5.97. The normalized spacial score (nSPS) is 10.9. The molecule has 0 aliphatic carbocycles. The predicted molar refractivity (Wildman–Crippen MR) is 89.7 cm³/mol. The van der Waals surface area contributed by atoms with Crippen molar-refractivity contribution < 1.29 is 4.79 Å². The third-order valence-corrected chi connectivity index (χ3v) is 3.50. The van der Waals surface area contributed by atoms with Crippen LogP contribution in [0.3, 0.4) is 0 Å². The Morgan fingerprint density at radius 1 is 1.43 bits per heavy atom. The van der Waals surface area contributed by atoms with Gasteiger partial charge in [-0.3, -0.25) is 4.79 Å². The standard InChI is InChI=1S/C16H26ClN3O/c1-4-5-8-20(11-16(18)21)15-7-6-13(9-14(15)17)10-19-12(2)3/h6-7,9,12,19H,4-5,8,10-11H2,1-3H3,(H2,18,21). The summed E-state index contributed by atoms with van der Waals surface area (Å²) in [5, 5.41) is 4.02. The zero-order valence-corrected chi connectivity index (χ0v) is 13.9. The minimum Gasteiger partial charge on any atom is -0.368 e. The van der Waals surface area contributed by atoms with Gasteiger partial charge >= 0.3 is 0 Å². The lowest BCUT2D eigenvalue weighted by Gasteiger charge is -2.24. The summed E-state index contributed by atoms with van der Waals surface area (Å²) in [5.74, 6) is -0.340. The molecule has 0 atom stereocenters. The highest BCUT2D eigenvalue weighted by Crippen LogP contribution is 2.27. The van der Waals surface area contributed by atoms with E-state index in [1.807, 2.05) is 23.1 Å². The predicted octanol–water partition coefficient (Wildman–Crippen LogP) is 2.93. The van der Waals surface area contributed by atoms with Crippen LogP contribution in [0.15, 0.2) is 18.2 Å². The number of carbonyl (C=O) groups is 1. The van der Waals surface area contributed by atoms with Gasteiger partial charge in [-0.25, -0.2) is 0 Å². The number of nitrogens with two attached hydrogens (primary N) is 1. The Morgan fingerprint density at radius 3 is 2.67 bits per heavy atom. The number of halogens is 1. The molecule has 0 aliphatic heterocycles. The van der Waals surface area contributed by atoms with Gasteiger partial charge in [0.15, 0.2) is 0 Å². The van der Waals surface area contributed by atoms with Gasteiger partial charge in [-0.05, 0) is 24.1 Å². The second kappa shape index (κ2) is 8.90. The van der Waals surface area contributed by atoms with E-state index in [9.17, 15) is 4.79 Å². The number of primary amides is 1. The van der Waals surface area contributed by atoms with Crippen molar-refractivity contribution in [3.8, 4) is 0 Å². The summed E-state index contributed by atoms with van der Waals surface area (Å²) >= 11 is 6.38. The van der Waals surface area contributed by atoms with E-state index >= 15 is 0 Å². The summed E-state index contributed by atoms with van der Waals surface area (Å²) in [6, 6.07) is 6.39. The minimum absolute atomic E-state index is 0.198. The van der Waals surface area contributed by atoms with E-state index in [2.05, 4.69) is 26.1 Å². The van der Waals surface area contributed by atoms with Crippen molar-refractivity contribution in [1.82, 2.24) is 5.32 Å². The molecule has 5 heteroatoms. The molecule has 0 unspecified atom stereocenters. The summed E-state index contributed by atoms with van der Waals surface area (Å²) in [7, 11) is 0. The average molecular weight is 312 g/mol. The van der Waals surface area contributed by atoms with Crippen LogP contribution in [-0.4, -0.2) is 25.0 Å². The molecule has 0 saturated heterocycles. The first-order valence-electron chi connectivity index (χ1n) is 7.49. The summed E-state index contributed by atoms with van der Waals surface area (Å²) in [6.45, 7) is 8.09. The zero-order valence-electron chi connectivity index (χ0n) is 13.2. The number of hydrogen-bond acceptors (Lipinski definition) is 3. The summed E-state index contributed by atoms with van der Waals surface area (Å²) < 4.78 is 0. The molecule has 0 heterocycles. The van der Waals surface area contributed by atoms with Crippen molar-refractivity contribution in [3.63, 3.8) is 0 Å². The van der Waals surface area contributed by atoms with Gasteiger partial charge in [0.05, 0.1) is 17.3 Å². The molecular formula is C16H26ClN3O. The first-order valence-corrected chi connectivity index (χ1v) is 7.86. The third kappa shape index (κ3) is 6.36. The molecule has 3 N–H and O–H groups in total. The maximum Gasteiger partial charge on any atom is 0.236 e. The van der Waals surface area contributed by atoms with Gasteiger partial charge in [0.25, 0.3) is 0 Å². The van der Waals surface area contributed by atoms with Crippen molar-refractivity contribution in [1.29, 1.82) is 0 Å². The van der Waals surface area contributed by atoms with Gasteiger partial charge in [0, 0.05) is 19.1 Å². The lowest BCUT2D eigenvalue weighted by atomic mass is 10.1. The van der Waals surface area contributed by atoms with Gasteiger partial charge in [0.1, 0.15) is 0 Å². The fourth-order valence-corrected chi connectivity index (χ4v) is 2.38. The van der Waals surface area contributed by atoms with Gasteiger partial charge in [0.2, 0.25) is 5.91 Å². The lowest BCUT2D eigenvalue weighted by Crippen LogP contribution is -2.34. The molecule has 0 radical (unpaired) electrons. The highest BCUT2D eigenvalue weighted by atomic mass is 35.5. The Bertz CT molecular complexity index is 463. The molecule has 0 aliphatic rings. The SMILES string of the molecule is CCCCN(CC(N)=O)c1ccc(CNC(C)C)cc1Cl. The van der Waals surface area contributed by atoms with Crippen LogP contribution >= 0.6 is 11.6 Å². The first kappa shape index (κ1) is 17.8. The van der Waals surface area contributed by atoms with E-state index in [1.165, 1.54) is 0 Å². The smallest absolute Gasteiger partial charge is 0.236 e. The molecule has 0 spiro atoms. The van der Waals surface area contributed by atoms with Crippen LogP contribution in [0.5, 0.6) is 0 Å². The fraction of sp³-hybridized carbons (Fsp3) is 0.562. The molecule has 21 heavy (non-hydrogen) atoms. The fourth-order valence-electron chi connectivity index (χ4n) is 2.06. The van der Waals surface area contributed by atoms with E-state index in [-0.39, 0.29) is 12.5 Å². The molecule has 1 aromatic rings. The van der Waals surface area contributed by atoms with Crippen molar-refractivity contribution in [2.75, 3.05) is 18.0 Å². The molecule has 0 saturated carbocycles. The monoisotopic (exact) mass is 311 g/mol. The van der Waals surface area contributed by atoms with E-state index in [0.29, 0.717) is 11.1 Å². The van der Waals surface area contributed by atoms with Gasteiger partial charge < -0.3 is 16.0 Å². The van der Waals surface area contributed by atoms with Crippen molar-refractivity contribution in [2.24, 2.45) is 5.73 Å². The van der Waals surface area contributed by atoms with Crippen LogP contribution < -0.4 is 16.0 Å². The third-order valence-electron chi connectivity index (χ3n) is 3.20. The number of hydrogen-bond donors (Lipinski definition) is 2. The molecular weight excluding hydrogens is 286 g/mol. The van der Waals surface area contributed by atoms with E-state index < -0.39 is 0 Å². The highest BCUT2D eigenvalue weighted by molar-refractivity contribution is 6.33. The maximum absolute atomic E-state index is 11.2. The molecule has 0 aromatic heterocycles. The van der Waals surface area contributed by atoms with Gasteiger partial charge in [-0.1, -0.05) is 44.9 Å². The van der Waals surface area contributed by atoms with E-state index in [1.54, 1.807) is 0 Å². The average Bonchev–Trinajstić information content (AvgIpc) is 2.41. The topological polar surface area (TPSA) is 58.4 Å². The largest absolute Gasteiger partial charge is 0.368 e. The highest BCUT2D eigenvalue weighted by Gasteiger charge is 2.13. The van der Waals surface area contributed by atoms with Crippen LogP contribution in [0.2, 0.25) is 5.02 Å². The number of nitrogens with zero attached hydrogens (tertiary/aromatic N) is 1. The number of unbranched alkanes of at least 4 members (excludes halogenated alkanes) is 1. The van der Waals surface area contributed by atoms with Crippen molar-refractivity contribution in [2.45, 2.75) is 46.2 Å². The Morgan fingerprint density at radius 2 is 2.14 bits per heavy atom. The quantitative estimate of drug-likeness (QED) is 0.737. The van der Waals surface area contributed by atoms with Gasteiger partial charge in [-0.15, -0.1) is 0 Å². The molecule has 0 bridgehead atoms. The Kier molecular flexibility index (Phi) is 7.54. The summed E-state index contributed by atoms with van der Waals surface area (Å²) in [6.07, 6.45) is 2.06. The molecule has 0 fully saturated rings. The van der Waals surface area contributed by atoms with Gasteiger partial charge in [-0.2, -0.15) is 0 Å². The van der Waals surface area contributed by atoms with E-state index in [4.69, 9.17) is 17.3 Å². The number of nitrogens with one attached hydrogen (secondary N) is 1. The minimum atomic E-state index is -0.340. The Hall–Kier alpha value is -1.26. The van der Waals surface area contributed by atoms with Crippen molar-refractivity contribution >= 4 is 23.2 Å². The first-order chi connectivity index (χ1) is 9.93. The Labute approximate surface area is 132 Å². The van der Waals surface area contributed by atoms with Crippen molar-refractivity contribution in [3.05, 3.63) is 28.8 Å². The number of benzene rings is 1. The number of rotatable bonds is 9. The summed E-state index contributed by atoms with van der Waals surface area (Å²) in [5.41, 5.74) is 7.33. The van der Waals surface area contributed by atoms with Crippen LogP contribution in [0.4, 0.5) is 5.69 Å². The molecule has 1 aromatic carbocycles. The number of carbonyl (C=O) groups excluding carboxylic acids is 1. The van der Waals surface area contributed by atoms with Crippen LogP contribution in [0.1, 0.15) is 39.2 Å². The second-order valence-electron chi connectivity index (χ2n) is 5.56. The van der Waals surface area contributed by atoms with Crippen LogP contribution in [-0.2, 0) is 11.3 Å². The molecule has 1 rings (SSSR count). The zero-order chi connectivity index (χ0) is 15.8. The molecule has 1 amide bonds. The van der Waals surface area contributed by atoms with Crippen LogP contribution in [0.25, 0.3) is 0 Å². The lowest BCUT2D eigenvalue weighted by molar-refractivity contribution is -0.116. The summed E-state index contributed by atoms with van der Waals surface area (Å²) in [4.78, 5) is 13.2. The maximum atomic E-state index is 11.2. The molecule has 118 valence electrons. The van der Waals surface area contributed by atoms with Crippen LogP contribution in [0, 0.1) is 0 Å². The molecule has 4 nitrogen and oxygen atoms in total. The Balaban J connectivity index is 2.85.